The van der Waals surface area contributed by atoms with Gasteiger partial charge in [0.15, 0.2) is 0 Å². The Bertz CT molecular complexity index is 1230. The van der Waals surface area contributed by atoms with Crippen molar-refractivity contribution in [3.8, 4) is 11.8 Å². The van der Waals surface area contributed by atoms with E-state index in [1.807, 2.05) is 30.3 Å². The average Bonchev–Trinajstić information content (AvgIpc) is 2.83. The molecule has 5 nitrogen and oxygen atoms in total. The fraction of sp³-hybridized carbons (Fsp3) is 0.192. The first-order chi connectivity index (χ1) is 16.0. The molecule has 1 aliphatic carbocycles. The maximum Gasteiger partial charge on any atom is 0.224 e. The molecule has 0 aromatic heterocycles. The van der Waals surface area contributed by atoms with Gasteiger partial charge >= 0.3 is 0 Å². The van der Waals surface area contributed by atoms with Crippen LogP contribution in [0, 0.1) is 21.4 Å². The van der Waals surface area contributed by atoms with Gasteiger partial charge in [-0.25, -0.2) is 0 Å². The lowest BCUT2D eigenvalue weighted by Crippen LogP contribution is -2.33. The molecule has 1 aliphatic rings. The molecular formula is C26H20Cl2N2O3. The first-order valence-electron chi connectivity index (χ1n) is 10.4. The van der Waals surface area contributed by atoms with E-state index < -0.39 is 12.0 Å². The molecule has 7 heteroatoms. The number of allylic oxidation sites excluding steroid dienone is 1. The summed E-state index contributed by atoms with van der Waals surface area (Å²) in [6.45, 7) is 0.224. The highest BCUT2D eigenvalue weighted by molar-refractivity contribution is 6.35. The van der Waals surface area contributed by atoms with Crippen molar-refractivity contribution in [2.75, 3.05) is 6.61 Å². The second kappa shape index (κ2) is 10.1. The summed E-state index contributed by atoms with van der Waals surface area (Å²) in [6, 6.07) is 23.0. The zero-order valence-corrected chi connectivity index (χ0v) is 19.1. The van der Waals surface area contributed by atoms with Crippen molar-refractivity contribution >= 4 is 28.8 Å². The molecule has 0 aliphatic heterocycles. The Balaban J connectivity index is 1.71. The smallest absolute Gasteiger partial charge is 0.224 e. The van der Waals surface area contributed by atoms with Gasteiger partial charge in [-0.1, -0.05) is 59.6 Å². The molecule has 3 aromatic carbocycles. The molecular weight excluding hydrogens is 459 g/mol. The summed E-state index contributed by atoms with van der Waals surface area (Å²) in [5.41, 5.74) is 4.18. The summed E-state index contributed by atoms with van der Waals surface area (Å²) >= 11 is 12.5. The van der Waals surface area contributed by atoms with E-state index in [-0.39, 0.29) is 18.0 Å². The van der Waals surface area contributed by atoms with Crippen LogP contribution in [0.3, 0.4) is 0 Å². The van der Waals surface area contributed by atoms with E-state index in [0.29, 0.717) is 27.8 Å². The summed E-state index contributed by atoms with van der Waals surface area (Å²) < 4.78 is 5.97. The second-order valence-electron chi connectivity index (χ2n) is 7.91. The van der Waals surface area contributed by atoms with Crippen molar-refractivity contribution in [2.24, 2.45) is 0 Å². The normalized spacial score (nSPS) is 18.0. The lowest BCUT2D eigenvalue weighted by Gasteiger charge is -2.31. The van der Waals surface area contributed by atoms with Crippen molar-refractivity contribution in [1.82, 2.24) is 0 Å². The maximum absolute atomic E-state index is 12.1. The third kappa shape index (κ3) is 5.19. The average molecular weight is 479 g/mol. The Morgan fingerprint density at radius 3 is 2.39 bits per heavy atom. The van der Waals surface area contributed by atoms with Crippen molar-refractivity contribution in [3.63, 3.8) is 0 Å². The van der Waals surface area contributed by atoms with Crippen LogP contribution in [0.25, 0.3) is 5.57 Å². The number of hydrogen-bond donors (Lipinski definition) is 0. The Hall–Kier alpha value is -3.33. The van der Waals surface area contributed by atoms with Gasteiger partial charge in [-0.2, -0.15) is 5.26 Å². The van der Waals surface area contributed by atoms with E-state index in [9.17, 15) is 10.1 Å². The highest BCUT2D eigenvalue weighted by Gasteiger charge is 2.40. The molecule has 4 rings (SSSR count). The fourth-order valence-electron chi connectivity index (χ4n) is 4.26. The van der Waals surface area contributed by atoms with E-state index in [4.69, 9.17) is 33.2 Å². The van der Waals surface area contributed by atoms with Gasteiger partial charge in [-0.15, -0.1) is 0 Å². The topological polar surface area (TPSA) is 76.2 Å². The Kier molecular flexibility index (Phi) is 6.98. The second-order valence-corrected chi connectivity index (χ2v) is 8.75. The van der Waals surface area contributed by atoms with Gasteiger partial charge in [0.25, 0.3) is 0 Å². The van der Waals surface area contributed by atoms with E-state index >= 15 is 0 Å². The van der Waals surface area contributed by atoms with Crippen molar-refractivity contribution < 1.29 is 9.66 Å². The predicted octanol–water partition coefficient (Wildman–Crippen LogP) is 6.92. The van der Waals surface area contributed by atoms with Crippen LogP contribution in [0.15, 0.2) is 78.4 Å². The van der Waals surface area contributed by atoms with Gasteiger partial charge in [0, 0.05) is 21.4 Å². The summed E-state index contributed by atoms with van der Waals surface area (Å²) in [4.78, 5) is 11.9. The largest absolute Gasteiger partial charge is 0.489 e. The highest BCUT2D eigenvalue weighted by Crippen LogP contribution is 2.44. The van der Waals surface area contributed by atoms with Gasteiger partial charge < -0.3 is 4.74 Å². The van der Waals surface area contributed by atoms with Gasteiger partial charge in [0.1, 0.15) is 12.4 Å². The zero-order chi connectivity index (χ0) is 23.4. The van der Waals surface area contributed by atoms with Crippen molar-refractivity contribution in [1.29, 1.82) is 5.26 Å². The number of nitro groups is 1. The Morgan fingerprint density at radius 2 is 1.76 bits per heavy atom. The first kappa shape index (κ1) is 22.8. The lowest BCUT2D eigenvalue weighted by molar-refractivity contribution is -0.526. The van der Waals surface area contributed by atoms with E-state index in [0.717, 1.165) is 22.3 Å². The van der Waals surface area contributed by atoms with Crippen LogP contribution in [0.2, 0.25) is 10.0 Å². The molecule has 33 heavy (non-hydrogen) atoms. The number of nitriles is 1. The highest BCUT2D eigenvalue weighted by atomic mass is 35.5. The monoisotopic (exact) mass is 478 g/mol. The molecule has 0 spiro atoms. The van der Waals surface area contributed by atoms with Crippen LogP contribution >= 0.6 is 23.2 Å². The van der Waals surface area contributed by atoms with Crippen LogP contribution in [0.1, 0.15) is 35.4 Å². The molecule has 0 bridgehead atoms. The molecule has 166 valence electrons. The van der Waals surface area contributed by atoms with Crippen molar-refractivity contribution in [3.05, 3.63) is 115 Å². The summed E-state index contributed by atoms with van der Waals surface area (Å²) in [7, 11) is 0. The number of halogens is 2. The van der Waals surface area contributed by atoms with Crippen LogP contribution in [-0.2, 0) is 0 Å². The van der Waals surface area contributed by atoms with Gasteiger partial charge in [-0.3, -0.25) is 10.1 Å². The van der Waals surface area contributed by atoms with E-state index in [2.05, 4.69) is 6.07 Å². The first-order valence-corrected chi connectivity index (χ1v) is 11.2. The summed E-state index contributed by atoms with van der Waals surface area (Å²) in [5, 5.41) is 22.0. The lowest BCUT2D eigenvalue weighted by atomic mass is 9.75. The van der Waals surface area contributed by atoms with Gasteiger partial charge in [0.05, 0.1) is 17.6 Å². The number of rotatable bonds is 6. The molecule has 0 heterocycles. The molecule has 0 N–H and O–H groups in total. The molecule has 0 saturated heterocycles. The number of benzene rings is 3. The van der Waals surface area contributed by atoms with E-state index in [1.54, 1.807) is 42.5 Å². The van der Waals surface area contributed by atoms with E-state index in [1.165, 1.54) is 0 Å². The molecule has 0 amide bonds. The molecule has 2 atom stereocenters. The molecule has 0 unspecified atom stereocenters. The number of nitrogens with zero attached hydrogens (tertiary/aromatic N) is 2. The van der Waals surface area contributed by atoms with Gasteiger partial charge in [-0.05, 0) is 65.1 Å². The van der Waals surface area contributed by atoms with Crippen LogP contribution < -0.4 is 4.74 Å². The molecule has 3 aromatic rings. The molecule has 0 radical (unpaired) electrons. The maximum atomic E-state index is 12.1. The molecule has 0 saturated carbocycles. The fourth-order valence-corrected chi connectivity index (χ4v) is 4.81. The minimum atomic E-state index is -0.837. The third-order valence-electron chi connectivity index (χ3n) is 5.92. The Labute approximate surface area is 202 Å². The summed E-state index contributed by atoms with van der Waals surface area (Å²) in [5.74, 6) is 0.216. The Morgan fingerprint density at radius 1 is 1.03 bits per heavy atom. The standard InChI is InChI=1S/C26H20Cl2N2O3/c27-20-8-11-22(25(28)13-20)24-14-23(18-4-2-1-3-5-18)19(12-26(24)30(31)32)16-33-21-9-6-17(15-29)7-10-21/h1-11,13,24,26H,12,14,16H2/t24-,26+/m1/s1. The van der Waals surface area contributed by atoms with Crippen molar-refractivity contribution in [2.45, 2.75) is 24.8 Å². The van der Waals surface area contributed by atoms with Crippen LogP contribution in [0.5, 0.6) is 5.75 Å². The molecule has 0 fully saturated rings. The van der Waals surface area contributed by atoms with Crippen LogP contribution in [0.4, 0.5) is 0 Å². The minimum absolute atomic E-state index is 0.223. The van der Waals surface area contributed by atoms with Crippen LogP contribution in [-0.4, -0.2) is 17.6 Å². The predicted molar refractivity (Wildman–Crippen MR) is 129 cm³/mol. The van der Waals surface area contributed by atoms with Gasteiger partial charge in [0.2, 0.25) is 6.04 Å². The number of ether oxygens (including phenoxy) is 1. The summed E-state index contributed by atoms with van der Waals surface area (Å²) in [6.07, 6.45) is 0.709. The third-order valence-corrected chi connectivity index (χ3v) is 6.48. The zero-order valence-electron chi connectivity index (χ0n) is 17.6. The minimum Gasteiger partial charge on any atom is -0.489 e. The number of hydrogen-bond acceptors (Lipinski definition) is 4. The quantitative estimate of drug-likeness (QED) is 0.284. The SMILES string of the molecule is N#Cc1ccc(OCC2=C(c3ccccc3)C[C@H](c3ccc(Cl)cc3Cl)[C@@H]([N+](=O)[O-])C2)cc1.